The maximum Gasteiger partial charge on any atom is 0.407 e. The van der Waals surface area contributed by atoms with Crippen LogP contribution in [0.2, 0.25) is 0 Å². The Morgan fingerprint density at radius 1 is 0.927 bits per heavy atom. The standard InChI is InChI=1S/C35H48N4O5S.C4H9NO2.C3H8/c1-4-8-30(37-33(43)44-3)32(42)39(18-5-2)23-34-14-6-16-35(45-34,17-7-15-34)28-11-9-26-21-29(12-10-25(26)20-28)36-31(41)27-13-19-38(22-27)24-40;1-3-5-4(6)7-2;1-3-2/h9-12,20-21,24,27,30H,4-8,13-19,22-23H2,1-3H3,(H,36,41)(H,37,43);3H2,1-2H3,(H,5,6);3H2,1-2H3. The number of ether oxygens (including phenoxy) is 2. The maximum absolute atomic E-state index is 13.8. The van der Waals surface area contributed by atoms with Gasteiger partial charge in [-0.1, -0.05) is 71.6 Å². The van der Waals surface area contributed by atoms with Gasteiger partial charge in [-0.25, -0.2) is 9.59 Å². The minimum absolute atomic E-state index is 0.00146. The molecule has 306 valence electrons. The highest BCUT2D eigenvalue weighted by Gasteiger charge is 2.50. The number of methoxy groups -OCH3 is 2. The van der Waals surface area contributed by atoms with Crippen LogP contribution in [0, 0.1) is 5.92 Å². The van der Waals surface area contributed by atoms with Crippen LogP contribution in [0.1, 0.15) is 111 Å². The fraction of sp³-hybridized carbons (Fsp3) is 0.643. The van der Waals surface area contributed by atoms with E-state index >= 15 is 0 Å². The minimum Gasteiger partial charge on any atom is -0.453 e. The summed E-state index contributed by atoms with van der Waals surface area (Å²) in [4.78, 5) is 63.4. The van der Waals surface area contributed by atoms with E-state index in [4.69, 9.17) is 4.74 Å². The first-order chi connectivity index (χ1) is 26.5. The highest BCUT2D eigenvalue weighted by molar-refractivity contribution is 8.01. The van der Waals surface area contributed by atoms with E-state index in [0.717, 1.165) is 74.2 Å². The van der Waals surface area contributed by atoms with E-state index in [1.54, 1.807) is 4.90 Å². The zero-order valence-electron chi connectivity index (χ0n) is 34.2. The van der Waals surface area contributed by atoms with E-state index in [2.05, 4.69) is 77.5 Å². The third kappa shape index (κ3) is 12.8. The molecule has 5 rings (SSSR count). The summed E-state index contributed by atoms with van der Waals surface area (Å²) < 4.78 is 9.04. The summed E-state index contributed by atoms with van der Waals surface area (Å²) in [5.74, 6) is -0.222. The molecule has 3 fully saturated rings. The van der Waals surface area contributed by atoms with Crippen LogP contribution >= 0.6 is 11.8 Å². The van der Waals surface area contributed by atoms with Gasteiger partial charge >= 0.3 is 12.2 Å². The first-order valence-electron chi connectivity index (χ1n) is 20.2. The number of hydrogen-bond donors (Lipinski definition) is 3. The quantitative estimate of drug-likeness (QED) is 0.174. The molecule has 0 aromatic heterocycles. The van der Waals surface area contributed by atoms with Crippen molar-refractivity contribution in [2.45, 2.75) is 121 Å². The molecule has 2 unspecified atom stereocenters. The molecule has 0 saturated carbocycles. The zero-order chi connectivity index (χ0) is 40.4. The van der Waals surface area contributed by atoms with Gasteiger partial charge in [-0.15, -0.1) is 11.8 Å². The number of nitrogens with one attached hydrogen (secondary N) is 3. The van der Waals surface area contributed by atoms with E-state index in [9.17, 15) is 24.0 Å². The van der Waals surface area contributed by atoms with Gasteiger partial charge in [-0.3, -0.25) is 14.4 Å². The second-order valence-corrected chi connectivity index (χ2v) is 16.7. The third-order valence-corrected chi connectivity index (χ3v) is 12.4. The Morgan fingerprint density at radius 2 is 1.58 bits per heavy atom. The number of hydrogen-bond acceptors (Lipinski definition) is 8. The summed E-state index contributed by atoms with van der Waals surface area (Å²) >= 11 is 2.08. The fourth-order valence-corrected chi connectivity index (χ4v) is 10.1. The van der Waals surface area contributed by atoms with Crippen molar-refractivity contribution in [2.75, 3.05) is 52.3 Å². The second kappa shape index (κ2) is 22.5. The van der Waals surface area contributed by atoms with Crippen molar-refractivity contribution >= 4 is 58.6 Å². The van der Waals surface area contributed by atoms with Gasteiger partial charge in [0.1, 0.15) is 6.04 Å². The molecule has 0 aliphatic carbocycles. The average Bonchev–Trinajstić information content (AvgIpc) is 3.67. The molecule has 3 heterocycles. The lowest BCUT2D eigenvalue weighted by molar-refractivity contribution is -0.134. The number of carbonyl (C=O) groups excluding carboxylic acids is 5. The Hall–Kier alpha value is -4.00. The minimum atomic E-state index is -0.577. The maximum atomic E-state index is 13.8. The summed E-state index contributed by atoms with van der Waals surface area (Å²) in [6, 6.07) is 12.3. The first-order valence-corrected chi connectivity index (χ1v) is 21.0. The van der Waals surface area contributed by atoms with Crippen LogP contribution in [0.25, 0.3) is 10.8 Å². The summed E-state index contributed by atoms with van der Waals surface area (Å²) in [5, 5.41) is 10.5. The number of carbonyl (C=O) groups is 5. The number of anilines is 1. The lowest BCUT2D eigenvalue weighted by Gasteiger charge is -2.53. The van der Waals surface area contributed by atoms with Crippen molar-refractivity contribution in [1.82, 2.24) is 20.4 Å². The van der Waals surface area contributed by atoms with E-state index in [1.165, 1.54) is 26.2 Å². The number of likely N-dealkylation sites (tertiary alicyclic amines) is 1. The molecular weight excluding hydrogens is 719 g/mol. The molecule has 3 aliphatic heterocycles. The van der Waals surface area contributed by atoms with Gasteiger partial charge in [0.15, 0.2) is 0 Å². The highest BCUT2D eigenvalue weighted by atomic mass is 32.2. The third-order valence-electron chi connectivity index (χ3n) is 10.4. The van der Waals surface area contributed by atoms with E-state index in [-0.39, 0.29) is 33.3 Å². The average molecular weight is 784 g/mol. The van der Waals surface area contributed by atoms with Crippen molar-refractivity contribution in [3.63, 3.8) is 0 Å². The smallest absolute Gasteiger partial charge is 0.407 e. The Labute approximate surface area is 332 Å². The number of fused-ring (bicyclic) bond motifs is 3. The van der Waals surface area contributed by atoms with Crippen LogP contribution in [-0.2, 0) is 28.6 Å². The van der Waals surface area contributed by atoms with Crippen molar-refractivity contribution in [1.29, 1.82) is 0 Å². The molecule has 2 bridgehead atoms. The molecule has 2 atom stereocenters. The van der Waals surface area contributed by atoms with Crippen LogP contribution in [0.3, 0.4) is 0 Å². The molecule has 5 amide bonds. The van der Waals surface area contributed by atoms with E-state index in [0.29, 0.717) is 45.6 Å². The number of rotatable bonds is 13. The Balaban J connectivity index is 0.000000722. The lowest BCUT2D eigenvalue weighted by Crippen LogP contribution is -2.55. The highest BCUT2D eigenvalue weighted by Crippen LogP contribution is 2.61. The van der Waals surface area contributed by atoms with Crippen LogP contribution in [0.4, 0.5) is 15.3 Å². The second-order valence-electron chi connectivity index (χ2n) is 14.8. The molecular formula is C42H65N5O7S. The number of alkyl carbamates (subject to hydrolysis) is 2. The van der Waals surface area contributed by atoms with Crippen LogP contribution in [0.15, 0.2) is 36.4 Å². The topological polar surface area (TPSA) is 146 Å². The number of benzene rings is 2. The molecule has 3 saturated heterocycles. The fourth-order valence-electron chi connectivity index (χ4n) is 7.82. The van der Waals surface area contributed by atoms with Crippen molar-refractivity contribution in [3.05, 3.63) is 42.0 Å². The molecule has 0 radical (unpaired) electrons. The zero-order valence-corrected chi connectivity index (χ0v) is 35.0. The predicted octanol–water partition coefficient (Wildman–Crippen LogP) is 7.83. The van der Waals surface area contributed by atoms with E-state index < -0.39 is 12.1 Å². The van der Waals surface area contributed by atoms with Crippen molar-refractivity contribution in [2.24, 2.45) is 5.92 Å². The van der Waals surface area contributed by atoms with Crippen LogP contribution < -0.4 is 16.0 Å². The SMILES string of the molecule is CCC.CCCC(NC(=O)OC)C(=O)N(CCC)CC12CCCC(c3ccc4cc(NC(=O)C5CCN(C=O)C5)ccc4c3)(CCC1)S2.CCNC(=O)OC. The monoisotopic (exact) mass is 783 g/mol. The Morgan fingerprint density at radius 3 is 2.15 bits per heavy atom. The number of thioether (sulfide) groups is 1. The van der Waals surface area contributed by atoms with Gasteiger partial charge in [-0.05, 0) is 86.4 Å². The first kappa shape index (κ1) is 45.4. The molecule has 3 N–H and O–H groups in total. The van der Waals surface area contributed by atoms with Gasteiger partial charge in [0.2, 0.25) is 18.2 Å². The van der Waals surface area contributed by atoms with Gasteiger partial charge in [0.25, 0.3) is 0 Å². The van der Waals surface area contributed by atoms with Crippen LogP contribution in [0.5, 0.6) is 0 Å². The summed E-state index contributed by atoms with van der Waals surface area (Å²) in [6.45, 7) is 13.3. The number of nitrogens with zero attached hydrogens (tertiary/aromatic N) is 2. The van der Waals surface area contributed by atoms with E-state index in [1.807, 2.05) is 30.9 Å². The molecule has 55 heavy (non-hydrogen) atoms. The van der Waals surface area contributed by atoms with Crippen molar-refractivity contribution < 1.29 is 33.4 Å². The van der Waals surface area contributed by atoms with Gasteiger partial charge in [0, 0.05) is 47.9 Å². The Bertz CT molecular complexity index is 1560. The summed E-state index contributed by atoms with van der Waals surface area (Å²) in [5.41, 5.74) is 2.11. The van der Waals surface area contributed by atoms with Crippen molar-refractivity contribution in [3.8, 4) is 0 Å². The normalized spacial score (nSPS) is 21.7. The molecule has 0 spiro atoms. The molecule has 12 nitrogen and oxygen atoms in total. The van der Waals surface area contributed by atoms with Crippen LogP contribution in [-0.4, -0.2) is 97.9 Å². The predicted molar refractivity (Wildman–Crippen MR) is 221 cm³/mol. The molecule has 13 heteroatoms. The largest absolute Gasteiger partial charge is 0.453 e. The summed E-state index contributed by atoms with van der Waals surface area (Å²) in [6.07, 6.45) is 10.7. The molecule has 2 aromatic rings. The molecule has 2 aromatic carbocycles. The van der Waals surface area contributed by atoms with Gasteiger partial charge < -0.3 is 35.2 Å². The summed E-state index contributed by atoms with van der Waals surface area (Å²) in [7, 11) is 2.67. The lowest BCUT2D eigenvalue weighted by atomic mass is 9.79. The van der Waals surface area contributed by atoms with Gasteiger partial charge in [-0.2, -0.15) is 0 Å². The molecule has 3 aliphatic rings. The number of amides is 5. The Kier molecular flexibility index (Phi) is 18.6. The van der Waals surface area contributed by atoms with Gasteiger partial charge in [0.05, 0.1) is 20.1 Å².